The van der Waals surface area contributed by atoms with E-state index >= 15 is 0 Å². The van der Waals surface area contributed by atoms with Gasteiger partial charge in [-0.15, -0.1) is 0 Å². The summed E-state index contributed by atoms with van der Waals surface area (Å²) in [5.74, 6) is -0.0647. The zero-order chi connectivity index (χ0) is 15.4. The van der Waals surface area contributed by atoms with Gasteiger partial charge in [-0.2, -0.15) is 0 Å². The average molecular weight is 344 g/mol. The number of hydrogen-bond acceptors (Lipinski definition) is 1. The molecule has 0 heterocycles. The summed E-state index contributed by atoms with van der Waals surface area (Å²) in [5.41, 5.74) is 3.59. The Hall–Kier alpha value is -1.87. The molecular formula is C18H18BrNO. The monoisotopic (exact) mass is 343 g/mol. The Morgan fingerprint density at radius 1 is 1.19 bits per heavy atom. The van der Waals surface area contributed by atoms with Crippen molar-refractivity contribution >= 4 is 27.5 Å². The fraction of sp³-hybridized carbons (Fsp3) is 0.167. The third-order valence-electron chi connectivity index (χ3n) is 3.19. The molecule has 2 rings (SSSR count). The van der Waals surface area contributed by atoms with E-state index in [4.69, 9.17) is 0 Å². The second-order valence-electron chi connectivity index (χ2n) is 5.11. The molecule has 0 unspecified atom stereocenters. The highest BCUT2D eigenvalue weighted by Gasteiger charge is 2.19. The van der Waals surface area contributed by atoms with Crippen LogP contribution in [-0.4, -0.2) is 5.91 Å². The third-order valence-corrected chi connectivity index (χ3v) is 3.86. The normalized spacial score (nSPS) is 10.2. The van der Waals surface area contributed by atoms with Gasteiger partial charge in [0.05, 0.1) is 12.2 Å². The number of anilines is 1. The van der Waals surface area contributed by atoms with Crippen LogP contribution in [0.3, 0.4) is 0 Å². The van der Waals surface area contributed by atoms with Crippen molar-refractivity contribution < 1.29 is 4.79 Å². The lowest BCUT2D eigenvalue weighted by Gasteiger charge is -2.24. The molecule has 0 aliphatic carbocycles. The minimum atomic E-state index is -0.0647. The maximum absolute atomic E-state index is 12.5. The van der Waals surface area contributed by atoms with Crippen LogP contribution < -0.4 is 4.90 Å². The van der Waals surface area contributed by atoms with E-state index in [1.807, 2.05) is 55.5 Å². The Kier molecular flexibility index (Phi) is 4.97. The summed E-state index contributed by atoms with van der Waals surface area (Å²) < 4.78 is 0.902. The molecule has 2 nitrogen and oxygen atoms in total. The van der Waals surface area contributed by atoms with E-state index in [9.17, 15) is 4.79 Å². The number of nitrogens with zero attached hydrogens (tertiary/aromatic N) is 1. The lowest BCUT2D eigenvalue weighted by Crippen LogP contribution is -2.31. The first-order valence-electron chi connectivity index (χ1n) is 6.76. The zero-order valence-electron chi connectivity index (χ0n) is 12.3. The lowest BCUT2D eigenvalue weighted by molar-refractivity contribution is -0.115. The lowest BCUT2D eigenvalue weighted by atomic mass is 10.1. The van der Waals surface area contributed by atoms with E-state index in [0.717, 1.165) is 21.3 Å². The minimum Gasteiger partial charge on any atom is -0.303 e. The summed E-state index contributed by atoms with van der Waals surface area (Å²) in [7, 11) is 0. The minimum absolute atomic E-state index is 0.0647. The Labute approximate surface area is 134 Å². The molecule has 0 aromatic heterocycles. The number of benzene rings is 2. The molecule has 0 bridgehead atoms. The van der Waals surface area contributed by atoms with Crippen molar-refractivity contribution in [3.05, 3.63) is 76.3 Å². The summed E-state index contributed by atoms with van der Waals surface area (Å²) in [4.78, 5) is 14.3. The van der Waals surface area contributed by atoms with Crippen LogP contribution in [0.5, 0.6) is 0 Å². The predicted molar refractivity (Wildman–Crippen MR) is 91.3 cm³/mol. The molecule has 0 fully saturated rings. The Balaban J connectivity index is 2.43. The van der Waals surface area contributed by atoms with E-state index in [2.05, 4.69) is 22.5 Å². The van der Waals surface area contributed by atoms with E-state index in [-0.39, 0.29) is 5.91 Å². The molecule has 0 spiro atoms. The van der Waals surface area contributed by atoms with Crippen LogP contribution in [0.4, 0.5) is 5.69 Å². The summed E-state index contributed by atoms with van der Waals surface area (Å²) >= 11 is 3.54. The number of aryl methyl sites for hydroxylation is 1. The molecule has 0 saturated heterocycles. The van der Waals surface area contributed by atoms with Crippen molar-refractivity contribution in [3.8, 4) is 0 Å². The largest absolute Gasteiger partial charge is 0.303 e. The molecule has 0 saturated carbocycles. The summed E-state index contributed by atoms with van der Waals surface area (Å²) in [6.07, 6.45) is 0. The molecule has 2 aromatic rings. The van der Waals surface area contributed by atoms with Gasteiger partial charge >= 0.3 is 0 Å². The van der Waals surface area contributed by atoms with Crippen molar-refractivity contribution in [2.45, 2.75) is 20.4 Å². The SMILES string of the molecule is C=C(C)C(=O)N(Cc1ccccc1)c1cc(C)ccc1Br. The van der Waals surface area contributed by atoms with Gasteiger partial charge in [-0.05, 0) is 53.0 Å². The molecule has 0 aliphatic heterocycles. The van der Waals surface area contributed by atoms with Gasteiger partial charge < -0.3 is 4.90 Å². The topological polar surface area (TPSA) is 20.3 Å². The van der Waals surface area contributed by atoms with Gasteiger partial charge in [0.2, 0.25) is 0 Å². The summed E-state index contributed by atoms with van der Waals surface area (Å²) in [5, 5.41) is 0. The molecule has 3 heteroatoms. The Morgan fingerprint density at radius 3 is 2.48 bits per heavy atom. The molecule has 0 aliphatic rings. The molecule has 108 valence electrons. The Bertz CT molecular complexity index is 664. The van der Waals surface area contributed by atoms with E-state index in [0.29, 0.717) is 12.1 Å². The second kappa shape index (κ2) is 6.72. The first-order valence-corrected chi connectivity index (χ1v) is 7.56. The maximum Gasteiger partial charge on any atom is 0.253 e. The highest BCUT2D eigenvalue weighted by atomic mass is 79.9. The summed E-state index contributed by atoms with van der Waals surface area (Å²) in [6, 6.07) is 15.9. The van der Waals surface area contributed by atoms with Gasteiger partial charge in [0.1, 0.15) is 0 Å². The van der Waals surface area contributed by atoms with Gasteiger partial charge in [-0.1, -0.05) is 43.0 Å². The van der Waals surface area contributed by atoms with Gasteiger partial charge in [-0.3, -0.25) is 4.79 Å². The predicted octanol–water partition coefficient (Wildman–Crippen LogP) is 4.87. The molecular weight excluding hydrogens is 326 g/mol. The quantitative estimate of drug-likeness (QED) is 0.725. The molecule has 1 amide bonds. The molecule has 21 heavy (non-hydrogen) atoms. The van der Waals surface area contributed by atoms with Crippen molar-refractivity contribution in [3.63, 3.8) is 0 Å². The molecule has 0 atom stereocenters. The van der Waals surface area contributed by atoms with Crippen LogP contribution in [0.25, 0.3) is 0 Å². The van der Waals surface area contributed by atoms with Crippen LogP contribution in [0.2, 0.25) is 0 Å². The van der Waals surface area contributed by atoms with Crippen molar-refractivity contribution in [2.75, 3.05) is 4.90 Å². The van der Waals surface area contributed by atoms with Crippen LogP contribution in [-0.2, 0) is 11.3 Å². The number of amides is 1. The number of carbonyl (C=O) groups excluding carboxylic acids is 1. The molecule has 2 aromatic carbocycles. The molecule has 0 radical (unpaired) electrons. The number of rotatable bonds is 4. The number of hydrogen-bond donors (Lipinski definition) is 0. The summed E-state index contributed by atoms with van der Waals surface area (Å²) in [6.45, 7) is 8.07. The first kappa shape index (κ1) is 15.5. The van der Waals surface area contributed by atoms with Gasteiger partial charge in [0.25, 0.3) is 5.91 Å². The fourth-order valence-electron chi connectivity index (χ4n) is 2.09. The van der Waals surface area contributed by atoms with Crippen LogP contribution in [0.1, 0.15) is 18.1 Å². The average Bonchev–Trinajstić information content (AvgIpc) is 2.48. The number of halogens is 1. The molecule has 0 N–H and O–H groups in total. The maximum atomic E-state index is 12.5. The van der Waals surface area contributed by atoms with E-state index in [1.54, 1.807) is 11.8 Å². The second-order valence-corrected chi connectivity index (χ2v) is 5.97. The van der Waals surface area contributed by atoms with Crippen molar-refractivity contribution in [1.29, 1.82) is 0 Å². The van der Waals surface area contributed by atoms with Crippen LogP contribution in [0, 0.1) is 6.92 Å². The Morgan fingerprint density at radius 2 is 1.86 bits per heavy atom. The third kappa shape index (κ3) is 3.82. The van der Waals surface area contributed by atoms with Crippen molar-refractivity contribution in [2.24, 2.45) is 0 Å². The van der Waals surface area contributed by atoms with Crippen LogP contribution >= 0.6 is 15.9 Å². The van der Waals surface area contributed by atoms with Gasteiger partial charge in [0, 0.05) is 10.0 Å². The van der Waals surface area contributed by atoms with Gasteiger partial charge in [0.15, 0.2) is 0 Å². The smallest absolute Gasteiger partial charge is 0.253 e. The first-order chi connectivity index (χ1) is 9.99. The van der Waals surface area contributed by atoms with Crippen molar-refractivity contribution in [1.82, 2.24) is 0 Å². The van der Waals surface area contributed by atoms with E-state index < -0.39 is 0 Å². The zero-order valence-corrected chi connectivity index (χ0v) is 13.9. The van der Waals surface area contributed by atoms with Gasteiger partial charge in [-0.25, -0.2) is 0 Å². The number of carbonyl (C=O) groups is 1. The fourth-order valence-corrected chi connectivity index (χ4v) is 2.55. The standard InChI is InChI=1S/C18H18BrNO/c1-13(2)18(21)20(12-15-7-5-4-6-8-15)17-11-14(3)9-10-16(17)19/h4-11H,1,12H2,2-3H3. The van der Waals surface area contributed by atoms with E-state index in [1.165, 1.54) is 0 Å². The van der Waals surface area contributed by atoms with Crippen LogP contribution in [0.15, 0.2) is 65.2 Å². The highest BCUT2D eigenvalue weighted by molar-refractivity contribution is 9.10. The highest BCUT2D eigenvalue weighted by Crippen LogP contribution is 2.29.